The number of hydrogen-bond donors (Lipinski definition) is 1. The van der Waals surface area contributed by atoms with Crippen LogP contribution in [0.2, 0.25) is 0 Å². The molecule has 0 radical (unpaired) electrons. The molecule has 2 atom stereocenters. The third-order valence-electron chi connectivity index (χ3n) is 4.72. The van der Waals surface area contributed by atoms with Gasteiger partial charge in [0.1, 0.15) is 5.75 Å². The first kappa shape index (κ1) is 17.8. The van der Waals surface area contributed by atoms with Crippen molar-refractivity contribution < 1.29 is 9.53 Å². The van der Waals surface area contributed by atoms with Gasteiger partial charge in [-0.2, -0.15) is 0 Å². The summed E-state index contributed by atoms with van der Waals surface area (Å²) in [6.07, 6.45) is 0.479. The minimum absolute atomic E-state index is 0.0432. The lowest BCUT2D eigenvalue weighted by Gasteiger charge is -2.25. The van der Waals surface area contributed by atoms with Crippen LogP contribution in [0.1, 0.15) is 46.6 Å². The number of ether oxygens (including phenoxy) is 1. The van der Waals surface area contributed by atoms with E-state index in [1.54, 1.807) is 0 Å². The fourth-order valence-electron chi connectivity index (χ4n) is 2.93. The molecule has 0 aliphatic carbocycles. The monoisotopic (exact) mass is 318 g/mol. The highest BCUT2D eigenvalue weighted by Crippen LogP contribution is 2.30. The number of rotatable bonds is 4. The Balaban J connectivity index is 2.02. The van der Waals surface area contributed by atoms with Gasteiger partial charge >= 0.3 is 0 Å². The van der Waals surface area contributed by atoms with Crippen molar-refractivity contribution in [1.82, 2.24) is 4.90 Å². The van der Waals surface area contributed by atoms with E-state index in [1.165, 1.54) is 5.56 Å². The normalized spacial score (nSPS) is 23.0. The molecule has 0 bridgehead atoms. The van der Waals surface area contributed by atoms with Crippen LogP contribution in [0.3, 0.4) is 0 Å². The van der Waals surface area contributed by atoms with E-state index in [2.05, 4.69) is 33.8 Å². The Kier molecular flexibility index (Phi) is 5.04. The lowest BCUT2D eigenvalue weighted by Crippen LogP contribution is -2.41. The highest BCUT2D eigenvalue weighted by atomic mass is 16.5. The van der Waals surface area contributed by atoms with Crippen LogP contribution >= 0.6 is 0 Å². The van der Waals surface area contributed by atoms with Crippen molar-refractivity contribution in [2.24, 2.45) is 11.1 Å². The summed E-state index contributed by atoms with van der Waals surface area (Å²) < 4.78 is 5.90. The Morgan fingerprint density at radius 3 is 2.70 bits per heavy atom. The molecule has 0 aromatic heterocycles. The van der Waals surface area contributed by atoms with E-state index < -0.39 is 6.10 Å². The number of nitrogens with two attached hydrogens (primary N) is 1. The van der Waals surface area contributed by atoms with Crippen molar-refractivity contribution in [3.05, 3.63) is 29.8 Å². The van der Waals surface area contributed by atoms with E-state index >= 15 is 0 Å². The number of benzene rings is 1. The van der Waals surface area contributed by atoms with Crippen molar-refractivity contribution in [2.75, 3.05) is 19.6 Å². The molecule has 1 heterocycles. The second-order valence-corrected chi connectivity index (χ2v) is 8.06. The van der Waals surface area contributed by atoms with E-state index in [0.29, 0.717) is 6.54 Å². The van der Waals surface area contributed by atoms with Crippen molar-refractivity contribution in [3.8, 4) is 5.75 Å². The molecule has 1 aliphatic heterocycles. The van der Waals surface area contributed by atoms with Gasteiger partial charge in [0.05, 0.1) is 0 Å². The first-order valence-corrected chi connectivity index (χ1v) is 8.41. The number of carbonyl (C=O) groups is 1. The zero-order chi connectivity index (χ0) is 17.3. The highest BCUT2D eigenvalue weighted by Gasteiger charge is 2.36. The van der Waals surface area contributed by atoms with Crippen LogP contribution < -0.4 is 10.5 Å². The first-order valence-electron chi connectivity index (χ1n) is 8.41. The molecule has 2 N–H and O–H groups in total. The van der Waals surface area contributed by atoms with Crippen LogP contribution in [0.5, 0.6) is 5.75 Å². The maximum atomic E-state index is 12.6. The molecule has 128 valence electrons. The average Bonchev–Trinajstić information content (AvgIpc) is 2.89. The summed E-state index contributed by atoms with van der Waals surface area (Å²) in [5, 5.41) is 0. The molecule has 2 unspecified atom stereocenters. The van der Waals surface area contributed by atoms with Crippen molar-refractivity contribution >= 4 is 5.91 Å². The van der Waals surface area contributed by atoms with Gasteiger partial charge in [-0.15, -0.1) is 0 Å². The van der Waals surface area contributed by atoms with Gasteiger partial charge < -0.3 is 15.4 Å². The zero-order valence-electron chi connectivity index (χ0n) is 15.1. The molecular weight excluding hydrogens is 288 g/mol. The number of likely N-dealkylation sites (tertiary alicyclic amines) is 1. The van der Waals surface area contributed by atoms with E-state index in [9.17, 15) is 4.79 Å². The molecule has 1 aliphatic rings. The molecule has 1 aromatic rings. The number of hydrogen-bond acceptors (Lipinski definition) is 3. The van der Waals surface area contributed by atoms with Gasteiger partial charge in [-0.1, -0.05) is 39.8 Å². The number of nitrogens with zero attached hydrogens (tertiary/aromatic N) is 1. The predicted molar refractivity (Wildman–Crippen MR) is 93.6 cm³/mol. The fourth-order valence-corrected chi connectivity index (χ4v) is 2.93. The molecule has 1 fully saturated rings. The lowest BCUT2D eigenvalue weighted by atomic mass is 9.87. The summed E-state index contributed by atoms with van der Waals surface area (Å²) in [5.41, 5.74) is 7.12. The third kappa shape index (κ3) is 4.25. The predicted octanol–water partition coefficient (Wildman–Crippen LogP) is 2.95. The first-order chi connectivity index (χ1) is 10.6. The molecule has 1 amide bonds. The Morgan fingerprint density at radius 1 is 1.43 bits per heavy atom. The maximum absolute atomic E-state index is 12.6. The Bertz CT molecular complexity index is 565. The van der Waals surface area contributed by atoms with Crippen LogP contribution in [-0.2, 0) is 10.2 Å². The Morgan fingerprint density at radius 2 is 2.13 bits per heavy atom. The molecule has 4 nitrogen and oxygen atoms in total. The second kappa shape index (κ2) is 6.52. The van der Waals surface area contributed by atoms with Crippen LogP contribution in [0, 0.1) is 5.41 Å². The minimum atomic E-state index is -0.481. The summed E-state index contributed by atoms with van der Waals surface area (Å²) in [6.45, 7) is 12.6. The molecule has 0 spiro atoms. The quantitative estimate of drug-likeness (QED) is 0.928. The third-order valence-corrected chi connectivity index (χ3v) is 4.72. The van der Waals surface area contributed by atoms with E-state index in [-0.39, 0.29) is 16.7 Å². The summed E-state index contributed by atoms with van der Waals surface area (Å²) in [7, 11) is 0. The van der Waals surface area contributed by atoms with Gasteiger partial charge in [-0.25, -0.2) is 0 Å². The van der Waals surface area contributed by atoms with Crippen LogP contribution in [-0.4, -0.2) is 36.5 Å². The minimum Gasteiger partial charge on any atom is -0.481 e. The highest BCUT2D eigenvalue weighted by molar-refractivity contribution is 5.81. The number of amides is 1. The SMILES string of the molecule is CC(Oc1cccc(C(C)(C)C)c1)C(=O)N1CCC(C)(CN)C1. The van der Waals surface area contributed by atoms with Gasteiger partial charge in [0.15, 0.2) is 6.10 Å². The molecule has 1 saturated heterocycles. The van der Waals surface area contributed by atoms with E-state index in [0.717, 1.165) is 25.3 Å². The topological polar surface area (TPSA) is 55.6 Å². The van der Waals surface area contributed by atoms with Crippen molar-refractivity contribution in [1.29, 1.82) is 0 Å². The molecule has 2 rings (SSSR count). The summed E-state index contributed by atoms with van der Waals surface area (Å²) in [6, 6.07) is 8.01. The van der Waals surface area contributed by atoms with Gasteiger partial charge in [0.25, 0.3) is 5.91 Å². The summed E-state index contributed by atoms with van der Waals surface area (Å²) in [5.74, 6) is 0.794. The number of carbonyl (C=O) groups excluding carboxylic acids is 1. The molecule has 23 heavy (non-hydrogen) atoms. The van der Waals surface area contributed by atoms with Crippen LogP contribution in [0.15, 0.2) is 24.3 Å². The van der Waals surface area contributed by atoms with E-state index in [4.69, 9.17) is 10.5 Å². The molecule has 4 heteroatoms. The fraction of sp³-hybridized carbons (Fsp3) is 0.632. The standard InChI is InChI=1S/C19H30N2O2/c1-14(17(22)21-10-9-19(5,12-20)13-21)23-16-8-6-7-15(11-16)18(2,3)4/h6-8,11,14H,9-10,12-13,20H2,1-5H3. The van der Waals surface area contributed by atoms with E-state index in [1.807, 2.05) is 30.0 Å². The Hall–Kier alpha value is -1.55. The Labute approximate surface area is 140 Å². The smallest absolute Gasteiger partial charge is 0.263 e. The van der Waals surface area contributed by atoms with Crippen molar-refractivity contribution in [2.45, 2.75) is 52.6 Å². The lowest BCUT2D eigenvalue weighted by molar-refractivity contribution is -0.137. The molecular formula is C19H30N2O2. The largest absolute Gasteiger partial charge is 0.481 e. The summed E-state index contributed by atoms with van der Waals surface area (Å²) >= 11 is 0. The van der Waals surface area contributed by atoms with Gasteiger partial charge in [0.2, 0.25) is 0 Å². The van der Waals surface area contributed by atoms with Gasteiger partial charge in [-0.3, -0.25) is 4.79 Å². The second-order valence-electron chi connectivity index (χ2n) is 8.06. The summed E-state index contributed by atoms with van der Waals surface area (Å²) in [4.78, 5) is 14.5. The van der Waals surface area contributed by atoms with Crippen molar-refractivity contribution in [3.63, 3.8) is 0 Å². The van der Waals surface area contributed by atoms with Gasteiger partial charge in [0, 0.05) is 13.1 Å². The molecule has 0 saturated carbocycles. The maximum Gasteiger partial charge on any atom is 0.263 e. The van der Waals surface area contributed by atoms with Crippen LogP contribution in [0.4, 0.5) is 0 Å². The van der Waals surface area contributed by atoms with Crippen LogP contribution in [0.25, 0.3) is 0 Å². The zero-order valence-corrected chi connectivity index (χ0v) is 15.1. The van der Waals surface area contributed by atoms with Gasteiger partial charge in [-0.05, 0) is 48.4 Å². The average molecular weight is 318 g/mol. The molecule has 1 aromatic carbocycles.